The van der Waals surface area contributed by atoms with Crippen LogP contribution in [0.3, 0.4) is 0 Å². The standard InChI is InChI=1S/C17H26N2O5S/c1-23-11-12-24-13-14-25(21,22)18-16(15-7-3-2-4-8-15)17(20)19-9-5-6-10-19/h2-4,7-8,16,18H,5-6,9-14H2,1H3. The summed E-state index contributed by atoms with van der Waals surface area (Å²) in [6.45, 7) is 2.14. The number of hydrogen-bond donors (Lipinski definition) is 1. The Morgan fingerprint density at radius 2 is 1.84 bits per heavy atom. The van der Waals surface area contributed by atoms with Crippen molar-refractivity contribution in [1.82, 2.24) is 9.62 Å². The Morgan fingerprint density at radius 1 is 1.16 bits per heavy atom. The van der Waals surface area contributed by atoms with Crippen molar-refractivity contribution in [1.29, 1.82) is 0 Å². The van der Waals surface area contributed by atoms with Gasteiger partial charge in [0.1, 0.15) is 6.04 Å². The Morgan fingerprint density at radius 3 is 2.48 bits per heavy atom. The van der Waals surface area contributed by atoms with Gasteiger partial charge in [0.05, 0.1) is 25.6 Å². The van der Waals surface area contributed by atoms with Crippen molar-refractivity contribution < 1.29 is 22.7 Å². The molecule has 1 saturated heterocycles. The summed E-state index contributed by atoms with van der Waals surface area (Å²) in [7, 11) is -2.10. The SMILES string of the molecule is COCCOCCS(=O)(=O)NC(C(=O)N1CCCC1)c1ccccc1. The van der Waals surface area contributed by atoms with E-state index in [0.717, 1.165) is 12.8 Å². The molecule has 0 bridgehead atoms. The van der Waals surface area contributed by atoms with Crippen molar-refractivity contribution in [3.05, 3.63) is 35.9 Å². The molecule has 25 heavy (non-hydrogen) atoms. The number of nitrogens with one attached hydrogen (secondary N) is 1. The largest absolute Gasteiger partial charge is 0.382 e. The minimum Gasteiger partial charge on any atom is -0.382 e. The fourth-order valence-electron chi connectivity index (χ4n) is 2.68. The van der Waals surface area contributed by atoms with E-state index in [0.29, 0.717) is 31.9 Å². The molecule has 1 aliphatic rings. The molecular formula is C17H26N2O5S. The number of ether oxygens (including phenoxy) is 2. The minimum absolute atomic E-state index is 0.0537. The maximum absolute atomic E-state index is 12.8. The first-order valence-corrected chi connectivity index (χ1v) is 10.1. The van der Waals surface area contributed by atoms with Crippen LogP contribution in [0.2, 0.25) is 0 Å². The van der Waals surface area contributed by atoms with Crippen LogP contribution in [0, 0.1) is 0 Å². The Kier molecular flexibility index (Phi) is 7.83. The molecule has 1 aromatic rings. The van der Waals surface area contributed by atoms with Crippen molar-refractivity contribution in [2.24, 2.45) is 0 Å². The second-order valence-electron chi connectivity index (χ2n) is 5.92. The summed E-state index contributed by atoms with van der Waals surface area (Å²) in [5, 5.41) is 0. The van der Waals surface area contributed by atoms with Crippen LogP contribution in [0.5, 0.6) is 0 Å². The lowest BCUT2D eigenvalue weighted by Crippen LogP contribution is -2.42. The molecule has 1 N–H and O–H groups in total. The van der Waals surface area contributed by atoms with Crippen LogP contribution in [0.25, 0.3) is 0 Å². The van der Waals surface area contributed by atoms with E-state index < -0.39 is 16.1 Å². The second-order valence-corrected chi connectivity index (χ2v) is 7.79. The summed E-state index contributed by atoms with van der Waals surface area (Å²) < 4.78 is 37.4. The van der Waals surface area contributed by atoms with Crippen molar-refractivity contribution in [3.63, 3.8) is 0 Å². The van der Waals surface area contributed by atoms with Crippen LogP contribution in [0.1, 0.15) is 24.4 Å². The number of benzene rings is 1. The number of carbonyl (C=O) groups is 1. The van der Waals surface area contributed by atoms with Crippen molar-refractivity contribution in [3.8, 4) is 0 Å². The predicted octanol–water partition coefficient (Wildman–Crippen LogP) is 0.933. The summed E-state index contributed by atoms with van der Waals surface area (Å²) in [5.41, 5.74) is 0.642. The fraction of sp³-hybridized carbons (Fsp3) is 0.588. The van der Waals surface area contributed by atoms with E-state index >= 15 is 0 Å². The van der Waals surface area contributed by atoms with E-state index in [2.05, 4.69) is 4.72 Å². The topological polar surface area (TPSA) is 84.9 Å². The molecule has 1 aromatic carbocycles. The Balaban J connectivity index is 2.03. The number of likely N-dealkylation sites (tertiary alicyclic amines) is 1. The van der Waals surface area contributed by atoms with E-state index in [1.807, 2.05) is 6.07 Å². The summed E-state index contributed by atoms with van der Waals surface area (Å²) in [6, 6.07) is 8.04. The van der Waals surface area contributed by atoms with E-state index in [4.69, 9.17) is 9.47 Å². The third kappa shape index (κ3) is 6.39. The maximum Gasteiger partial charge on any atom is 0.245 e. The van der Waals surface area contributed by atoms with Gasteiger partial charge in [-0.25, -0.2) is 8.42 Å². The molecule has 0 aromatic heterocycles. The van der Waals surface area contributed by atoms with E-state index in [1.54, 1.807) is 36.3 Å². The molecule has 1 heterocycles. The Labute approximate surface area is 149 Å². The molecule has 0 aliphatic carbocycles. The molecule has 1 atom stereocenters. The summed E-state index contributed by atoms with van der Waals surface area (Å²) >= 11 is 0. The van der Waals surface area contributed by atoms with Gasteiger partial charge in [0.25, 0.3) is 0 Å². The zero-order valence-electron chi connectivity index (χ0n) is 14.5. The number of hydrogen-bond acceptors (Lipinski definition) is 5. The maximum atomic E-state index is 12.8. The van der Waals surface area contributed by atoms with Gasteiger partial charge in [-0.1, -0.05) is 30.3 Å². The van der Waals surface area contributed by atoms with Gasteiger partial charge in [0.2, 0.25) is 15.9 Å². The normalized spacial score (nSPS) is 16.1. The van der Waals surface area contributed by atoms with Crippen molar-refractivity contribution >= 4 is 15.9 Å². The number of rotatable bonds is 10. The molecule has 1 aliphatic heterocycles. The van der Waals surface area contributed by atoms with Crippen LogP contribution in [0.15, 0.2) is 30.3 Å². The highest BCUT2D eigenvalue weighted by Crippen LogP contribution is 2.20. The second kappa shape index (κ2) is 9.86. The third-order valence-electron chi connectivity index (χ3n) is 4.02. The highest BCUT2D eigenvalue weighted by molar-refractivity contribution is 7.89. The van der Waals surface area contributed by atoms with Gasteiger partial charge >= 0.3 is 0 Å². The molecule has 1 amide bonds. The number of sulfonamides is 1. The van der Waals surface area contributed by atoms with E-state index in [1.165, 1.54) is 0 Å². The Bertz CT molecular complexity index is 630. The lowest BCUT2D eigenvalue weighted by atomic mass is 10.1. The third-order valence-corrected chi connectivity index (χ3v) is 5.32. The van der Waals surface area contributed by atoms with Gasteiger partial charge < -0.3 is 14.4 Å². The summed E-state index contributed by atoms with van der Waals surface area (Å²) in [5.74, 6) is -0.402. The van der Waals surface area contributed by atoms with Crippen LogP contribution < -0.4 is 4.72 Å². The summed E-state index contributed by atoms with van der Waals surface area (Å²) in [4.78, 5) is 14.5. The average molecular weight is 370 g/mol. The molecule has 0 saturated carbocycles. The van der Waals surface area contributed by atoms with E-state index in [9.17, 15) is 13.2 Å². The molecule has 0 spiro atoms. The lowest BCUT2D eigenvalue weighted by molar-refractivity contribution is -0.132. The van der Waals surface area contributed by atoms with Gasteiger partial charge in [0, 0.05) is 20.2 Å². The highest BCUT2D eigenvalue weighted by atomic mass is 32.2. The quantitative estimate of drug-likeness (QED) is 0.620. The number of carbonyl (C=O) groups excluding carboxylic acids is 1. The van der Waals surface area contributed by atoms with E-state index in [-0.39, 0.29) is 18.3 Å². The first kappa shape index (κ1) is 19.8. The molecule has 1 fully saturated rings. The van der Waals surface area contributed by atoms with Crippen LogP contribution in [-0.2, 0) is 24.3 Å². The number of nitrogens with zero attached hydrogens (tertiary/aromatic N) is 1. The zero-order chi connectivity index (χ0) is 18.1. The van der Waals surface area contributed by atoms with Crippen LogP contribution in [-0.4, -0.2) is 65.0 Å². The molecule has 8 heteroatoms. The molecule has 7 nitrogen and oxygen atoms in total. The van der Waals surface area contributed by atoms with Gasteiger partial charge in [-0.05, 0) is 18.4 Å². The minimum atomic E-state index is -3.65. The molecular weight excluding hydrogens is 344 g/mol. The fourth-order valence-corrected chi connectivity index (χ4v) is 3.73. The highest BCUT2D eigenvalue weighted by Gasteiger charge is 2.30. The van der Waals surface area contributed by atoms with Gasteiger partial charge in [0.15, 0.2) is 0 Å². The summed E-state index contributed by atoms with van der Waals surface area (Å²) in [6.07, 6.45) is 1.90. The first-order chi connectivity index (χ1) is 12.0. The monoisotopic (exact) mass is 370 g/mol. The Hall–Kier alpha value is -1.48. The lowest BCUT2D eigenvalue weighted by Gasteiger charge is -2.24. The first-order valence-electron chi connectivity index (χ1n) is 8.44. The van der Waals surface area contributed by atoms with Crippen LogP contribution >= 0.6 is 0 Å². The number of amides is 1. The number of methoxy groups -OCH3 is 1. The smallest absolute Gasteiger partial charge is 0.245 e. The van der Waals surface area contributed by atoms with Crippen molar-refractivity contribution in [2.45, 2.75) is 18.9 Å². The predicted molar refractivity (Wildman–Crippen MR) is 94.6 cm³/mol. The van der Waals surface area contributed by atoms with Gasteiger partial charge in [-0.15, -0.1) is 0 Å². The van der Waals surface area contributed by atoms with Gasteiger partial charge in [-0.3, -0.25) is 4.79 Å². The van der Waals surface area contributed by atoms with Gasteiger partial charge in [-0.2, -0.15) is 4.72 Å². The molecule has 1 unspecified atom stereocenters. The van der Waals surface area contributed by atoms with Crippen molar-refractivity contribution in [2.75, 3.05) is 45.8 Å². The molecule has 0 radical (unpaired) electrons. The zero-order valence-corrected chi connectivity index (χ0v) is 15.3. The van der Waals surface area contributed by atoms with Crippen LogP contribution in [0.4, 0.5) is 0 Å². The average Bonchev–Trinajstić information content (AvgIpc) is 3.14. The molecule has 140 valence electrons. The molecule has 2 rings (SSSR count).